The van der Waals surface area contributed by atoms with Crippen molar-refractivity contribution in [2.75, 3.05) is 54.4 Å². The summed E-state index contributed by atoms with van der Waals surface area (Å²) in [5.41, 5.74) is 2.12. The van der Waals surface area contributed by atoms with Gasteiger partial charge in [0.25, 0.3) is 0 Å². The summed E-state index contributed by atoms with van der Waals surface area (Å²) in [7, 11) is 0. The van der Waals surface area contributed by atoms with Crippen molar-refractivity contribution in [1.82, 2.24) is 25.5 Å². The predicted molar refractivity (Wildman–Crippen MR) is 137 cm³/mol. The van der Waals surface area contributed by atoms with Crippen LogP contribution in [0.15, 0.2) is 54.9 Å². The molecule has 184 valence electrons. The first-order chi connectivity index (χ1) is 16.9. The normalized spacial score (nSPS) is 13.9. The van der Waals surface area contributed by atoms with Gasteiger partial charge in [-0.2, -0.15) is 0 Å². The Morgan fingerprint density at radius 2 is 1.63 bits per heavy atom. The lowest BCUT2D eigenvalue weighted by molar-refractivity contribution is 0.0530. The van der Waals surface area contributed by atoms with Gasteiger partial charge in [0.05, 0.1) is 11.4 Å². The average Bonchev–Trinajstić information content (AvgIpc) is 2.87. The van der Waals surface area contributed by atoms with Crippen molar-refractivity contribution in [2.24, 2.45) is 0 Å². The Balaban J connectivity index is 1.45. The fraction of sp³-hybridized carbons (Fsp3) is 0.400. The second-order valence-electron chi connectivity index (χ2n) is 9.21. The largest absolute Gasteiger partial charge is 0.444 e. The van der Waals surface area contributed by atoms with Crippen molar-refractivity contribution in [1.29, 1.82) is 0 Å². The Kier molecular flexibility index (Phi) is 7.59. The van der Waals surface area contributed by atoms with E-state index in [0.717, 1.165) is 54.9 Å². The molecule has 0 radical (unpaired) electrons. The number of amides is 1. The molecular formula is C25H32N8O2. The smallest absolute Gasteiger partial charge is 0.407 e. The molecule has 0 unspecified atom stereocenters. The second kappa shape index (κ2) is 11.0. The lowest BCUT2D eigenvalue weighted by Crippen LogP contribution is -2.47. The Morgan fingerprint density at radius 1 is 0.943 bits per heavy atom. The number of ether oxygens (including phenoxy) is 1. The summed E-state index contributed by atoms with van der Waals surface area (Å²) in [4.78, 5) is 25.1. The molecule has 0 atom stereocenters. The van der Waals surface area contributed by atoms with Gasteiger partial charge >= 0.3 is 6.09 Å². The second-order valence-corrected chi connectivity index (χ2v) is 9.21. The molecule has 2 aromatic heterocycles. The Labute approximate surface area is 205 Å². The monoisotopic (exact) mass is 476 g/mol. The summed E-state index contributed by atoms with van der Waals surface area (Å²) in [6.07, 6.45) is 3.09. The molecule has 10 heteroatoms. The summed E-state index contributed by atoms with van der Waals surface area (Å²) >= 11 is 0. The third-order valence-electron chi connectivity index (χ3n) is 5.37. The van der Waals surface area contributed by atoms with Crippen molar-refractivity contribution >= 4 is 23.5 Å². The molecule has 1 aromatic carbocycles. The van der Waals surface area contributed by atoms with Crippen molar-refractivity contribution in [2.45, 2.75) is 26.4 Å². The molecule has 1 amide bonds. The Bertz CT molecular complexity index is 1100. The average molecular weight is 477 g/mol. The molecule has 10 nitrogen and oxygen atoms in total. The maximum absolute atomic E-state index is 12.0. The topological polar surface area (TPSA) is 108 Å². The van der Waals surface area contributed by atoms with Crippen LogP contribution in [0.5, 0.6) is 0 Å². The van der Waals surface area contributed by atoms with E-state index in [2.05, 4.69) is 40.6 Å². The molecule has 3 heterocycles. The predicted octanol–water partition coefficient (Wildman–Crippen LogP) is 3.20. The van der Waals surface area contributed by atoms with Crippen LogP contribution in [0.2, 0.25) is 0 Å². The van der Waals surface area contributed by atoms with Gasteiger partial charge in [-0.05, 0) is 32.9 Å². The van der Waals surface area contributed by atoms with Crippen LogP contribution in [0.1, 0.15) is 20.8 Å². The maximum Gasteiger partial charge on any atom is 0.407 e. The third kappa shape index (κ3) is 6.78. The van der Waals surface area contributed by atoms with Gasteiger partial charge in [-0.3, -0.25) is 0 Å². The number of nitrogens with one attached hydrogen (secondary N) is 2. The van der Waals surface area contributed by atoms with Gasteiger partial charge in [0.1, 0.15) is 5.60 Å². The lowest BCUT2D eigenvalue weighted by Gasteiger charge is -2.35. The number of benzene rings is 1. The van der Waals surface area contributed by atoms with Crippen LogP contribution in [-0.4, -0.2) is 71.1 Å². The van der Waals surface area contributed by atoms with E-state index in [1.54, 1.807) is 12.4 Å². The molecule has 2 N–H and O–H groups in total. The zero-order chi connectivity index (χ0) is 24.7. The molecule has 1 aliphatic heterocycles. The number of anilines is 3. The molecule has 0 bridgehead atoms. The van der Waals surface area contributed by atoms with Gasteiger partial charge in [0.2, 0.25) is 5.95 Å². The minimum absolute atomic E-state index is 0.413. The number of piperazine rings is 1. The highest BCUT2D eigenvalue weighted by atomic mass is 16.6. The van der Waals surface area contributed by atoms with Crippen molar-refractivity contribution in [3.8, 4) is 11.3 Å². The molecule has 3 aromatic rings. The molecule has 0 aliphatic carbocycles. The first kappa shape index (κ1) is 24.2. The maximum atomic E-state index is 12.0. The van der Waals surface area contributed by atoms with Crippen LogP contribution in [0, 0.1) is 0 Å². The highest BCUT2D eigenvalue weighted by molar-refractivity contribution is 5.72. The van der Waals surface area contributed by atoms with Crippen LogP contribution in [0.25, 0.3) is 11.3 Å². The molecular weight excluding hydrogens is 444 g/mol. The highest BCUT2D eigenvalue weighted by Crippen LogP contribution is 2.28. The first-order valence-corrected chi connectivity index (χ1v) is 11.8. The number of hydrogen-bond acceptors (Lipinski definition) is 9. The van der Waals surface area contributed by atoms with Gasteiger partial charge in [0.15, 0.2) is 5.82 Å². The number of nitrogens with zero attached hydrogens (tertiary/aromatic N) is 6. The van der Waals surface area contributed by atoms with Gasteiger partial charge in [0, 0.05) is 57.2 Å². The van der Waals surface area contributed by atoms with Gasteiger partial charge in [-0.1, -0.05) is 30.3 Å². The standard InChI is InChI=1S/C25H32N8O2/c1-25(2,3)35-24(34)29-13-12-26-21-18-20(19-8-5-4-6-9-19)30-31-22(21)32-14-16-33(17-15-32)23-27-10-7-11-28-23/h4-11,18H,12-17H2,1-3H3,(H,26,30)(H,29,34). The zero-order valence-corrected chi connectivity index (χ0v) is 20.4. The van der Waals surface area contributed by atoms with E-state index in [1.165, 1.54) is 0 Å². The number of carbonyl (C=O) groups is 1. The fourth-order valence-corrected chi connectivity index (χ4v) is 3.75. The quantitative estimate of drug-likeness (QED) is 0.497. The Morgan fingerprint density at radius 3 is 2.31 bits per heavy atom. The van der Waals surface area contributed by atoms with E-state index in [-0.39, 0.29) is 0 Å². The molecule has 1 aliphatic rings. The molecule has 35 heavy (non-hydrogen) atoms. The Hall–Kier alpha value is -3.95. The van der Waals surface area contributed by atoms with Gasteiger partial charge in [-0.15, -0.1) is 10.2 Å². The van der Waals surface area contributed by atoms with E-state index < -0.39 is 11.7 Å². The molecule has 4 rings (SSSR count). The van der Waals surface area contributed by atoms with Crippen molar-refractivity contribution < 1.29 is 9.53 Å². The number of carbonyl (C=O) groups excluding carboxylic acids is 1. The van der Waals surface area contributed by atoms with Crippen LogP contribution in [-0.2, 0) is 4.74 Å². The minimum atomic E-state index is -0.531. The van der Waals surface area contributed by atoms with Gasteiger partial charge < -0.3 is 25.2 Å². The van der Waals surface area contributed by atoms with Crippen molar-refractivity contribution in [3.05, 3.63) is 54.9 Å². The zero-order valence-electron chi connectivity index (χ0n) is 20.4. The van der Waals surface area contributed by atoms with E-state index in [9.17, 15) is 4.79 Å². The summed E-state index contributed by atoms with van der Waals surface area (Å²) in [5, 5.41) is 15.3. The fourth-order valence-electron chi connectivity index (χ4n) is 3.75. The van der Waals surface area contributed by atoms with E-state index in [4.69, 9.17) is 4.74 Å². The molecule has 1 fully saturated rings. The summed E-state index contributed by atoms with van der Waals surface area (Å²) in [5.74, 6) is 1.53. The minimum Gasteiger partial charge on any atom is -0.444 e. The first-order valence-electron chi connectivity index (χ1n) is 11.8. The van der Waals surface area contributed by atoms with E-state index >= 15 is 0 Å². The summed E-state index contributed by atoms with van der Waals surface area (Å²) in [6, 6.07) is 13.8. The van der Waals surface area contributed by atoms with Crippen LogP contribution >= 0.6 is 0 Å². The lowest BCUT2D eigenvalue weighted by atomic mass is 10.1. The number of aromatic nitrogens is 4. The van der Waals surface area contributed by atoms with Crippen LogP contribution in [0.4, 0.5) is 22.2 Å². The van der Waals surface area contributed by atoms with Gasteiger partial charge in [-0.25, -0.2) is 14.8 Å². The molecule has 0 saturated carbocycles. The number of alkyl carbamates (subject to hydrolysis) is 1. The van der Waals surface area contributed by atoms with Crippen molar-refractivity contribution in [3.63, 3.8) is 0 Å². The number of rotatable bonds is 7. The number of hydrogen-bond donors (Lipinski definition) is 2. The molecule has 0 spiro atoms. The van der Waals surface area contributed by atoms with Crippen LogP contribution in [0.3, 0.4) is 0 Å². The van der Waals surface area contributed by atoms with E-state index in [0.29, 0.717) is 13.1 Å². The van der Waals surface area contributed by atoms with E-state index in [1.807, 2.05) is 63.2 Å². The summed E-state index contributed by atoms with van der Waals surface area (Å²) < 4.78 is 5.31. The summed E-state index contributed by atoms with van der Waals surface area (Å²) in [6.45, 7) is 9.56. The van der Waals surface area contributed by atoms with Crippen LogP contribution < -0.4 is 20.4 Å². The SMILES string of the molecule is CC(C)(C)OC(=O)NCCNc1cc(-c2ccccc2)nnc1N1CCN(c2ncccn2)CC1. The third-order valence-corrected chi connectivity index (χ3v) is 5.37. The highest BCUT2D eigenvalue weighted by Gasteiger charge is 2.23. The molecule has 1 saturated heterocycles.